The molecule has 0 bridgehead atoms. The summed E-state index contributed by atoms with van der Waals surface area (Å²) in [6, 6.07) is 2.88. The van der Waals surface area contributed by atoms with Crippen LogP contribution in [0.3, 0.4) is 0 Å². The van der Waals surface area contributed by atoms with Gasteiger partial charge in [0.05, 0.1) is 9.82 Å². The number of carboxylic acid groups (broad SMARTS) is 1. The zero-order valence-electron chi connectivity index (χ0n) is 11.7. The molecule has 1 rings (SSSR count). The highest BCUT2D eigenvalue weighted by Crippen LogP contribution is 2.22. The predicted octanol–water partition coefficient (Wildman–Crippen LogP) is 1.37. The molecule has 0 aliphatic rings. The molecule has 0 amide bonds. The Morgan fingerprint density at radius 2 is 1.76 bits per heavy atom. The van der Waals surface area contributed by atoms with Crippen molar-refractivity contribution in [1.82, 2.24) is 4.72 Å². The molecule has 1 aromatic carbocycles. The van der Waals surface area contributed by atoms with Crippen molar-refractivity contribution < 1.29 is 23.2 Å². The van der Waals surface area contributed by atoms with Gasteiger partial charge in [-0.15, -0.1) is 0 Å². The molecular weight excluding hydrogens is 300 g/mol. The zero-order valence-corrected chi connectivity index (χ0v) is 12.5. The normalized spacial score (nSPS) is 13.7. The number of non-ortho nitro benzene ring substituents is 1. The molecule has 0 unspecified atom stereocenters. The lowest BCUT2D eigenvalue weighted by Gasteiger charge is -2.27. The van der Waals surface area contributed by atoms with E-state index in [1.807, 2.05) is 0 Å². The van der Waals surface area contributed by atoms with Crippen LogP contribution in [0.4, 0.5) is 5.69 Å². The highest BCUT2D eigenvalue weighted by molar-refractivity contribution is 7.89. The van der Waals surface area contributed by atoms with Crippen molar-refractivity contribution in [2.75, 3.05) is 0 Å². The highest BCUT2D eigenvalue weighted by Gasteiger charge is 2.35. The smallest absolute Gasteiger partial charge is 0.322 e. The SMILES string of the molecule is CC(C)(C)[C@@H](NS(=O)(=O)c1ccc([N+](=O)[O-])cc1)C(=O)O. The minimum atomic E-state index is -4.08. The molecule has 1 aromatic rings. The van der Waals surface area contributed by atoms with Gasteiger partial charge in [0, 0.05) is 12.1 Å². The second kappa shape index (κ2) is 5.78. The number of rotatable bonds is 5. The van der Waals surface area contributed by atoms with Crippen LogP contribution in [0.2, 0.25) is 0 Å². The fraction of sp³-hybridized carbons (Fsp3) is 0.417. The number of hydrogen-bond donors (Lipinski definition) is 2. The van der Waals surface area contributed by atoms with Crippen LogP contribution in [0.5, 0.6) is 0 Å². The van der Waals surface area contributed by atoms with Crippen LogP contribution in [0.25, 0.3) is 0 Å². The Kier molecular flexibility index (Phi) is 4.69. The maximum absolute atomic E-state index is 12.1. The molecular formula is C12H16N2O6S. The van der Waals surface area contributed by atoms with Crippen LogP contribution in [-0.2, 0) is 14.8 Å². The summed E-state index contributed by atoms with van der Waals surface area (Å²) < 4.78 is 26.4. The van der Waals surface area contributed by atoms with Crippen molar-refractivity contribution in [3.05, 3.63) is 34.4 Å². The maximum atomic E-state index is 12.1. The molecule has 0 spiro atoms. The second-order valence-electron chi connectivity index (χ2n) is 5.51. The number of nitrogens with one attached hydrogen (secondary N) is 1. The van der Waals surface area contributed by atoms with Gasteiger partial charge in [0.15, 0.2) is 0 Å². The Morgan fingerprint density at radius 3 is 2.10 bits per heavy atom. The Morgan fingerprint density at radius 1 is 1.29 bits per heavy atom. The summed E-state index contributed by atoms with van der Waals surface area (Å²) in [4.78, 5) is 20.8. The summed E-state index contributed by atoms with van der Waals surface area (Å²) >= 11 is 0. The third kappa shape index (κ3) is 4.23. The van der Waals surface area contributed by atoms with Gasteiger partial charge >= 0.3 is 5.97 Å². The molecule has 9 heteroatoms. The fourth-order valence-electron chi connectivity index (χ4n) is 1.57. The van der Waals surface area contributed by atoms with Gasteiger partial charge in [-0.2, -0.15) is 4.72 Å². The molecule has 0 saturated heterocycles. The number of hydrogen-bond acceptors (Lipinski definition) is 5. The van der Waals surface area contributed by atoms with Crippen LogP contribution in [0.15, 0.2) is 29.2 Å². The van der Waals surface area contributed by atoms with Crippen molar-refractivity contribution in [1.29, 1.82) is 0 Å². The molecule has 0 fully saturated rings. The van der Waals surface area contributed by atoms with Crippen molar-refractivity contribution in [2.45, 2.75) is 31.7 Å². The summed E-state index contributed by atoms with van der Waals surface area (Å²) in [5.74, 6) is -1.30. The van der Waals surface area contributed by atoms with E-state index in [0.717, 1.165) is 24.3 Å². The number of sulfonamides is 1. The fourth-order valence-corrected chi connectivity index (χ4v) is 2.96. The monoisotopic (exact) mass is 316 g/mol. The maximum Gasteiger partial charge on any atom is 0.322 e. The number of benzene rings is 1. The first kappa shape index (κ1) is 17.1. The van der Waals surface area contributed by atoms with E-state index < -0.39 is 32.4 Å². The first-order valence-corrected chi connectivity index (χ1v) is 7.43. The minimum Gasteiger partial charge on any atom is -0.480 e. The summed E-state index contributed by atoms with van der Waals surface area (Å²) in [7, 11) is -4.08. The van der Waals surface area contributed by atoms with Crippen molar-refractivity contribution in [3.8, 4) is 0 Å². The van der Waals surface area contributed by atoms with Gasteiger partial charge < -0.3 is 5.11 Å². The highest BCUT2D eigenvalue weighted by atomic mass is 32.2. The van der Waals surface area contributed by atoms with E-state index in [9.17, 15) is 23.3 Å². The molecule has 1 atom stereocenters. The third-order valence-corrected chi connectivity index (χ3v) is 4.18. The molecule has 0 radical (unpaired) electrons. The van der Waals surface area contributed by atoms with Gasteiger partial charge in [-0.05, 0) is 17.5 Å². The van der Waals surface area contributed by atoms with E-state index in [0.29, 0.717) is 0 Å². The number of carbonyl (C=O) groups is 1. The van der Waals surface area contributed by atoms with E-state index >= 15 is 0 Å². The first-order chi connectivity index (χ1) is 9.45. The quantitative estimate of drug-likeness (QED) is 0.624. The molecule has 0 heterocycles. The molecule has 0 aromatic heterocycles. The number of nitrogens with zero attached hydrogens (tertiary/aromatic N) is 1. The lowest BCUT2D eigenvalue weighted by atomic mass is 9.88. The van der Waals surface area contributed by atoms with Crippen LogP contribution < -0.4 is 4.72 Å². The van der Waals surface area contributed by atoms with E-state index in [-0.39, 0.29) is 10.6 Å². The minimum absolute atomic E-state index is 0.233. The molecule has 116 valence electrons. The summed E-state index contributed by atoms with van der Waals surface area (Å²) in [5, 5.41) is 19.6. The first-order valence-electron chi connectivity index (χ1n) is 5.95. The Labute approximate surface area is 122 Å². The van der Waals surface area contributed by atoms with Crippen molar-refractivity contribution in [3.63, 3.8) is 0 Å². The topological polar surface area (TPSA) is 127 Å². The largest absolute Gasteiger partial charge is 0.480 e. The number of aliphatic carboxylic acids is 1. The second-order valence-corrected chi connectivity index (χ2v) is 7.22. The lowest BCUT2D eigenvalue weighted by Crippen LogP contribution is -2.48. The average Bonchev–Trinajstić information content (AvgIpc) is 2.34. The van der Waals surface area contributed by atoms with Gasteiger partial charge in [0.25, 0.3) is 5.69 Å². The van der Waals surface area contributed by atoms with Crippen molar-refractivity contribution >= 4 is 21.7 Å². The molecule has 21 heavy (non-hydrogen) atoms. The zero-order chi connectivity index (χ0) is 16.4. The van der Waals surface area contributed by atoms with Gasteiger partial charge in [-0.25, -0.2) is 8.42 Å². The Balaban J connectivity index is 3.11. The van der Waals surface area contributed by atoms with Gasteiger partial charge in [-0.3, -0.25) is 14.9 Å². The molecule has 0 aliphatic heterocycles. The van der Waals surface area contributed by atoms with Gasteiger partial charge in [-0.1, -0.05) is 20.8 Å². The van der Waals surface area contributed by atoms with Gasteiger partial charge in [0.2, 0.25) is 10.0 Å². The predicted molar refractivity (Wildman–Crippen MR) is 74.3 cm³/mol. The molecule has 2 N–H and O–H groups in total. The van der Waals surface area contributed by atoms with Gasteiger partial charge in [0.1, 0.15) is 6.04 Å². The van der Waals surface area contributed by atoms with Crippen molar-refractivity contribution in [2.24, 2.45) is 5.41 Å². The van der Waals surface area contributed by atoms with Crippen LogP contribution in [0.1, 0.15) is 20.8 Å². The molecule has 0 saturated carbocycles. The molecule has 0 aliphatic carbocycles. The number of nitro benzene ring substituents is 1. The Hall–Kier alpha value is -2.00. The van der Waals surface area contributed by atoms with E-state index in [2.05, 4.69) is 4.72 Å². The average molecular weight is 316 g/mol. The van der Waals surface area contributed by atoms with Crippen LogP contribution >= 0.6 is 0 Å². The number of nitro groups is 1. The van der Waals surface area contributed by atoms with E-state index in [4.69, 9.17) is 5.11 Å². The lowest BCUT2D eigenvalue weighted by molar-refractivity contribution is -0.384. The Bertz CT molecular complexity index is 645. The molecule has 8 nitrogen and oxygen atoms in total. The third-order valence-electron chi connectivity index (χ3n) is 2.74. The van der Waals surface area contributed by atoms with E-state index in [1.54, 1.807) is 20.8 Å². The van der Waals surface area contributed by atoms with E-state index in [1.165, 1.54) is 0 Å². The summed E-state index contributed by atoms with van der Waals surface area (Å²) in [6.07, 6.45) is 0. The van der Waals surface area contributed by atoms with Crippen LogP contribution in [0, 0.1) is 15.5 Å². The summed E-state index contributed by atoms with van der Waals surface area (Å²) in [5.41, 5.74) is -1.08. The van der Waals surface area contributed by atoms with Crippen LogP contribution in [-0.4, -0.2) is 30.5 Å². The standard InChI is InChI=1S/C12H16N2O6S/c1-12(2,3)10(11(15)16)13-21(19,20)9-6-4-8(5-7-9)14(17)18/h4-7,10,13H,1-3H3,(H,15,16)/t10-/m0/s1. The summed E-state index contributed by atoms with van der Waals surface area (Å²) in [6.45, 7) is 4.76. The number of carboxylic acids is 1.